The molecular formula is C14H18N2O5. The molecule has 0 radical (unpaired) electrons. The van der Waals surface area contributed by atoms with Gasteiger partial charge in [0.15, 0.2) is 5.75 Å². The zero-order valence-corrected chi connectivity index (χ0v) is 11.9. The molecule has 0 bridgehead atoms. The average molecular weight is 294 g/mol. The van der Waals surface area contributed by atoms with Gasteiger partial charge in [0, 0.05) is 12.6 Å². The summed E-state index contributed by atoms with van der Waals surface area (Å²) in [5.74, 6) is -0.437. The first-order valence-corrected chi connectivity index (χ1v) is 6.83. The molecule has 7 heteroatoms. The molecule has 2 rings (SSSR count). The lowest BCUT2D eigenvalue weighted by Crippen LogP contribution is -2.25. The largest absolute Gasteiger partial charge is 0.485 e. The molecule has 1 heterocycles. The number of hydrogen-bond donors (Lipinski definition) is 0. The van der Waals surface area contributed by atoms with E-state index in [9.17, 15) is 14.9 Å². The molecule has 0 saturated carbocycles. The third kappa shape index (κ3) is 3.91. The van der Waals surface area contributed by atoms with Crippen LogP contribution in [0, 0.1) is 10.1 Å². The van der Waals surface area contributed by atoms with Gasteiger partial charge >= 0.3 is 11.7 Å². The fourth-order valence-electron chi connectivity index (χ4n) is 2.32. The Labute approximate surface area is 122 Å². The van der Waals surface area contributed by atoms with Crippen molar-refractivity contribution >= 4 is 11.7 Å². The zero-order chi connectivity index (χ0) is 15.2. The maximum Gasteiger partial charge on any atom is 0.338 e. The molecule has 1 aliphatic heterocycles. The smallest absolute Gasteiger partial charge is 0.338 e. The number of likely N-dealkylation sites (tertiary alicyclic amines) is 1. The van der Waals surface area contributed by atoms with Crippen LogP contribution in [0.2, 0.25) is 0 Å². The summed E-state index contributed by atoms with van der Waals surface area (Å²) < 4.78 is 10.0. The van der Waals surface area contributed by atoms with E-state index in [0.717, 1.165) is 19.6 Å². The van der Waals surface area contributed by atoms with Gasteiger partial charge in [-0.3, -0.25) is 15.0 Å². The Morgan fingerprint density at radius 3 is 2.71 bits per heavy atom. The summed E-state index contributed by atoms with van der Waals surface area (Å²) >= 11 is 0. The quantitative estimate of drug-likeness (QED) is 0.452. The molecule has 0 atom stereocenters. The van der Waals surface area contributed by atoms with Crippen molar-refractivity contribution in [1.29, 1.82) is 0 Å². The van der Waals surface area contributed by atoms with Crippen molar-refractivity contribution in [1.82, 2.24) is 4.90 Å². The molecule has 0 N–H and O–H groups in total. The molecule has 0 aromatic heterocycles. The van der Waals surface area contributed by atoms with E-state index in [1.165, 1.54) is 38.2 Å². The Kier molecular flexibility index (Phi) is 5.10. The normalized spacial score (nSPS) is 14.9. The van der Waals surface area contributed by atoms with Gasteiger partial charge in [0.05, 0.1) is 17.6 Å². The summed E-state index contributed by atoms with van der Waals surface area (Å²) in [7, 11) is 1.23. The minimum absolute atomic E-state index is 0.135. The lowest BCUT2D eigenvalue weighted by Gasteiger charge is -2.15. The predicted molar refractivity (Wildman–Crippen MR) is 75.6 cm³/mol. The highest BCUT2D eigenvalue weighted by molar-refractivity contribution is 5.90. The monoisotopic (exact) mass is 294 g/mol. The number of nitro benzene ring substituents is 1. The van der Waals surface area contributed by atoms with Crippen molar-refractivity contribution in [3.8, 4) is 5.75 Å². The summed E-state index contributed by atoms with van der Waals surface area (Å²) in [4.78, 5) is 24.2. The van der Waals surface area contributed by atoms with Crippen molar-refractivity contribution in [2.45, 2.75) is 12.8 Å². The number of nitro groups is 1. The van der Waals surface area contributed by atoms with E-state index < -0.39 is 10.9 Å². The summed E-state index contributed by atoms with van der Waals surface area (Å²) in [6, 6.07) is 4.08. The van der Waals surface area contributed by atoms with Gasteiger partial charge in [-0.2, -0.15) is 0 Å². The van der Waals surface area contributed by atoms with Crippen LogP contribution >= 0.6 is 0 Å². The number of nitrogens with zero attached hydrogens (tertiary/aromatic N) is 2. The molecule has 7 nitrogen and oxygen atoms in total. The molecule has 0 amide bonds. The second-order valence-corrected chi connectivity index (χ2v) is 4.83. The second kappa shape index (κ2) is 7.03. The number of ether oxygens (including phenoxy) is 2. The van der Waals surface area contributed by atoms with Crippen molar-refractivity contribution in [3.63, 3.8) is 0 Å². The lowest BCUT2D eigenvalue weighted by molar-refractivity contribution is -0.385. The van der Waals surface area contributed by atoms with Gasteiger partial charge in [0.2, 0.25) is 0 Å². The molecule has 21 heavy (non-hydrogen) atoms. The van der Waals surface area contributed by atoms with E-state index in [-0.39, 0.29) is 17.0 Å². The van der Waals surface area contributed by atoms with Gasteiger partial charge in [-0.15, -0.1) is 0 Å². The van der Waals surface area contributed by atoms with Crippen LogP contribution in [0.15, 0.2) is 18.2 Å². The molecule has 1 aliphatic rings. The Balaban J connectivity index is 2.03. The standard InChI is InChI=1S/C14H18N2O5/c1-20-14(17)11-4-5-13(12(10-11)16(18)19)21-9-8-15-6-2-3-7-15/h4-5,10H,2-3,6-9H2,1H3. The van der Waals surface area contributed by atoms with Crippen LogP contribution in [0.25, 0.3) is 0 Å². The third-order valence-electron chi connectivity index (χ3n) is 3.44. The van der Waals surface area contributed by atoms with E-state index >= 15 is 0 Å². The Morgan fingerprint density at radius 2 is 2.10 bits per heavy atom. The highest BCUT2D eigenvalue weighted by Crippen LogP contribution is 2.28. The van der Waals surface area contributed by atoms with Crippen LogP contribution in [0.3, 0.4) is 0 Å². The van der Waals surface area contributed by atoms with E-state index in [1.54, 1.807) is 0 Å². The topological polar surface area (TPSA) is 81.9 Å². The Bertz CT molecular complexity index is 526. The number of rotatable bonds is 6. The number of hydrogen-bond acceptors (Lipinski definition) is 6. The van der Waals surface area contributed by atoms with Crippen molar-refractivity contribution in [3.05, 3.63) is 33.9 Å². The second-order valence-electron chi connectivity index (χ2n) is 4.83. The molecule has 0 unspecified atom stereocenters. The van der Waals surface area contributed by atoms with Crippen molar-refractivity contribution in [2.75, 3.05) is 33.4 Å². The predicted octanol–water partition coefficient (Wildman–Crippen LogP) is 1.86. The fraction of sp³-hybridized carbons (Fsp3) is 0.500. The minimum Gasteiger partial charge on any atom is -0.485 e. The number of methoxy groups -OCH3 is 1. The summed E-state index contributed by atoms with van der Waals surface area (Å²) in [6.07, 6.45) is 2.38. The lowest BCUT2D eigenvalue weighted by atomic mass is 10.2. The van der Waals surface area contributed by atoms with Gasteiger partial charge in [-0.05, 0) is 38.1 Å². The summed E-state index contributed by atoms with van der Waals surface area (Å²) in [6.45, 7) is 3.23. The molecule has 0 spiro atoms. The van der Waals surface area contributed by atoms with E-state index in [1.807, 2.05) is 0 Å². The number of esters is 1. The van der Waals surface area contributed by atoms with Crippen LogP contribution in [0.4, 0.5) is 5.69 Å². The number of benzene rings is 1. The van der Waals surface area contributed by atoms with Crippen LogP contribution in [-0.2, 0) is 4.74 Å². The maximum atomic E-state index is 11.4. The van der Waals surface area contributed by atoms with Crippen LogP contribution in [0.1, 0.15) is 23.2 Å². The Hall–Kier alpha value is -2.15. The van der Waals surface area contributed by atoms with Gasteiger partial charge < -0.3 is 9.47 Å². The molecular weight excluding hydrogens is 276 g/mol. The van der Waals surface area contributed by atoms with E-state index in [4.69, 9.17) is 4.74 Å². The van der Waals surface area contributed by atoms with Crippen molar-refractivity contribution in [2.24, 2.45) is 0 Å². The highest BCUT2D eigenvalue weighted by atomic mass is 16.6. The fourth-order valence-corrected chi connectivity index (χ4v) is 2.32. The SMILES string of the molecule is COC(=O)c1ccc(OCCN2CCCC2)c([N+](=O)[O-])c1. The maximum absolute atomic E-state index is 11.4. The van der Waals surface area contributed by atoms with E-state index in [0.29, 0.717) is 6.61 Å². The van der Waals surface area contributed by atoms with Gasteiger partial charge in [-0.25, -0.2) is 4.79 Å². The molecule has 1 saturated heterocycles. The summed E-state index contributed by atoms with van der Waals surface area (Å²) in [5.41, 5.74) is -0.0876. The highest BCUT2D eigenvalue weighted by Gasteiger charge is 2.19. The first kappa shape index (κ1) is 15.2. The minimum atomic E-state index is -0.610. The van der Waals surface area contributed by atoms with Gasteiger partial charge in [0.1, 0.15) is 6.61 Å². The van der Waals surface area contributed by atoms with Gasteiger partial charge in [0.25, 0.3) is 0 Å². The number of carbonyl (C=O) groups excluding carboxylic acids is 1. The van der Waals surface area contributed by atoms with Crippen LogP contribution in [0.5, 0.6) is 5.75 Å². The molecule has 1 aromatic rings. The Morgan fingerprint density at radius 1 is 1.38 bits per heavy atom. The molecule has 1 fully saturated rings. The first-order valence-electron chi connectivity index (χ1n) is 6.83. The summed E-state index contributed by atoms with van der Waals surface area (Å²) in [5, 5.41) is 11.1. The molecule has 114 valence electrons. The van der Waals surface area contributed by atoms with Crippen molar-refractivity contribution < 1.29 is 19.2 Å². The van der Waals surface area contributed by atoms with Crippen LogP contribution in [-0.4, -0.2) is 49.1 Å². The molecule has 1 aromatic carbocycles. The average Bonchev–Trinajstić information content (AvgIpc) is 2.99. The third-order valence-corrected chi connectivity index (χ3v) is 3.44. The zero-order valence-electron chi connectivity index (χ0n) is 11.9. The first-order chi connectivity index (χ1) is 10.1. The van der Waals surface area contributed by atoms with E-state index in [2.05, 4.69) is 9.64 Å². The van der Waals surface area contributed by atoms with Crippen LogP contribution < -0.4 is 4.74 Å². The molecule has 0 aliphatic carbocycles. The number of carbonyl (C=O) groups is 1. The van der Waals surface area contributed by atoms with Gasteiger partial charge in [-0.1, -0.05) is 0 Å².